The van der Waals surface area contributed by atoms with Crippen LogP contribution in [0.4, 0.5) is 4.39 Å². The zero-order valence-electron chi connectivity index (χ0n) is 12.5. The number of benzene rings is 2. The Hall–Kier alpha value is -2.70. The van der Waals surface area contributed by atoms with E-state index in [1.165, 1.54) is 12.1 Å². The van der Waals surface area contributed by atoms with Gasteiger partial charge in [0.25, 0.3) is 5.91 Å². The number of nitrogens with two attached hydrogens (primary N) is 1. The van der Waals surface area contributed by atoms with E-state index in [1.807, 2.05) is 12.1 Å². The molecule has 0 atom stereocenters. The van der Waals surface area contributed by atoms with Crippen molar-refractivity contribution in [3.63, 3.8) is 0 Å². The molecular formula is C17H14ClFN4O. The number of hydrazine groups is 1. The van der Waals surface area contributed by atoms with Crippen molar-refractivity contribution >= 4 is 17.5 Å². The molecule has 0 fully saturated rings. The molecule has 0 bridgehead atoms. The molecule has 1 amide bonds. The van der Waals surface area contributed by atoms with Crippen LogP contribution in [0.15, 0.2) is 54.6 Å². The van der Waals surface area contributed by atoms with Gasteiger partial charge in [-0.2, -0.15) is 5.10 Å². The summed E-state index contributed by atoms with van der Waals surface area (Å²) < 4.78 is 14.8. The van der Waals surface area contributed by atoms with E-state index < -0.39 is 5.91 Å². The SMILES string of the molecule is NNC(=O)c1cc(-c2ccc(F)cc2)n(Cc2ccc(Cl)cc2)n1. The third kappa shape index (κ3) is 3.45. The van der Waals surface area contributed by atoms with Crippen molar-refractivity contribution in [1.29, 1.82) is 0 Å². The minimum absolute atomic E-state index is 0.186. The molecule has 3 N–H and O–H groups in total. The number of nitrogens with zero attached hydrogens (tertiary/aromatic N) is 2. The van der Waals surface area contributed by atoms with Gasteiger partial charge in [-0.3, -0.25) is 14.9 Å². The van der Waals surface area contributed by atoms with E-state index in [2.05, 4.69) is 10.5 Å². The molecule has 0 unspecified atom stereocenters. The highest BCUT2D eigenvalue weighted by atomic mass is 35.5. The van der Waals surface area contributed by atoms with Gasteiger partial charge in [0.15, 0.2) is 5.69 Å². The lowest BCUT2D eigenvalue weighted by Crippen LogP contribution is -2.30. The minimum atomic E-state index is -0.492. The van der Waals surface area contributed by atoms with Crippen molar-refractivity contribution in [1.82, 2.24) is 15.2 Å². The summed E-state index contributed by atoms with van der Waals surface area (Å²) in [6.45, 7) is 0.432. The summed E-state index contributed by atoms with van der Waals surface area (Å²) in [5, 5.41) is 4.94. The summed E-state index contributed by atoms with van der Waals surface area (Å²) in [5.74, 6) is 4.35. The first-order valence-corrected chi connectivity index (χ1v) is 7.54. The smallest absolute Gasteiger partial charge is 0.285 e. The van der Waals surface area contributed by atoms with E-state index in [4.69, 9.17) is 17.4 Å². The first-order valence-electron chi connectivity index (χ1n) is 7.16. The van der Waals surface area contributed by atoms with Gasteiger partial charge >= 0.3 is 0 Å². The zero-order valence-corrected chi connectivity index (χ0v) is 13.3. The van der Waals surface area contributed by atoms with Crippen LogP contribution in [0, 0.1) is 5.82 Å². The summed E-state index contributed by atoms with van der Waals surface area (Å²) in [6.07, 6.45) is 0. The number of amides is 1. The van der Waals surface area contributed by atoms with Crippen LogP contribution < -0.4 is 11.3 Å². The molecule has 5 nitrogen and oxygen atoms in total. The molecule has 0 aliphatic heterocycles. The predicted octanol–water partition coefficient (Wildman–Crippen LogP) is 2.99. The van der Waals surface area contributed by atoms with Gasteiger partial charge in [-0.25, -0.2) is 10.2 Å². The van der Waals surface area contributed by atoms with Crippen LogP contribution in [-0.2, 0) is 6.54 Å². The molecule has 1 heterocycles. The van der Waals surface area contributed by atoms with Crippen LogP contribution in [0.1, 0.15) is 16.1 Å². The van der Waals surface area contributed by atoms with Crippen LogP contribution in [0.5, 0.6) is 0 Å². The highest BCUT2D eigenvalue weighted by molar-refractivity contribution is 6.30. The second-order valence-corrected chi connectivity index (χ2v) is 5.62. The Morgan fingerprint density at radius 3 is 2.46 bits per heavy atom. The van der Waals surface area contributed by atoms with E-state index in [-0.39, 0.29) is 11.5 Å². The number of rotatable bonds is 4. The zero-order chi connectivity index (χ0) is 17.1. The maximum atomic E-state index is 13.2. The Balaban J connectivity index is 2.02. The molecule has 122 valence electrons. The van der Waals surface area contributed by atoms with Crippen molar-refractivity contribution in [3.8, 4) is 11.3 Å². The van der Waals surface area contributed by atoms with E-state index >= 15 is 0 Å². The quantitative estimate of drug-likeness (QED) is 0.434. The molecule has 1 aromatic heterocycles. The Morgan fingerprint density at radius 2 is 1.83 bits per heavy atom. The van der Waals surface area contributed by atoms with Gasteiger partial charge in [-0.05, 0) is 48.0 Å². The summed E-state index contributed by atoms with van der Waals surface area (Å²) >= 11 is 5.90. The largest absolute Gasteiger partial charge is 0.289 e. The van der Waals surface area contributed by atoms with Gasteiger partial charge in [-0.15, -0.1) is 0 Å². The third-order valence-electron chi connectivity index (χ3n) is 3.53. The number of nitrogens with one attached hydrogen (secondary N) is 1. The predicted molar refractivity (Wildman–Crippen MR) is 89.8 cm³/mol. The summed E-state index contributed by atoms with van der Waals surface area (Å²) in [7, 11) is 0. The van der Waals surface area contributed by atoms with Crippen molar-refractivity contribution in [2.45, 2.75) is 6.54 Å². The number of halogens is 2. The van der Waals surface area contributed by atoms with Crippen molar-refractivity contribution in [3.05, 3.63) is 76.7 Å². The maximum absolute atomic E-state index is 13.2. The lowest BCUT2D eigenvalue weighted by Gasteiger charge is -2.08. The molecule has 0 aliphatic rings. The van der Waals surface area contributed by atoms with E-state index in [1.54, 1.807) is 35.0 Å². The Morgan fingerprint density at radius 1 is 1.17 bits per heavy atom. The van der Waals surface area contributed by atoms with Gasteiger partial charge in [0.2, 0.25) is 0 Å². The first-order chi connectivity index (χ1) is 11.6. The van der Waals surface area contributed by atoms with Crippen LogP contribution in [0.25, 0.3) is 11.3 Å². The lowest BCUT2D eigenvalue weighted by molar-refractivity contribution is 0.0948. The van der Waals surface area contributed by atoms with E-state index in [9.17, 15) is 9.18 Å². The van der Waals surface area contributed by atoms with Crippen LogP contribution in [0.3, 0.4) is 0 Å². The maximum Gasteiger partial charge on any atom is 0.285 e. The second kappa shape index (κ2) is 6.82. The number of carbonyl (C=O) groups excluding carboxylic acids is 1. The van der Waals surface area contributed by atoms with Gasteiger partial charge in [0.1, 0.15) is 5.82 Å². The standard InChI is InChI=1S/C17H14ClFN4O/c18-13-5-1-11(2-6-13)10-23-16(9-15(22-23)17(24)21-20)12-3-7-14(19)8-4-12/h1-9H,10,20H2,(H,21,24). The molecule has 0 spiro atoms. The fraction of sp³-hybridized carbons (Fsp3) is 0.0588. The Kier molecular flexibility index (Phi) is 4.59. The van der Waals surface area contributed by atoms with Crippen molar-refractivity contribution in [2.24, 2.45) is 5.84 Å². The van der Waals surface area contributed by atoms with Crippen LogP contribution in [-0.4, -0.2) is 15.7 Å². The average Bonchev–Trinajstić information content (AvgIpc) is 3.01. The number of nitrogen functional groups attached to an aromatic ring is 1. The molecule has 24 heavy (non-hydrogen) atoms. The van der Waals surface area contributed by atoms with Gasteiger partial charge in [0.05, 0.1) is 12.2 Å². The fourth-order valence-electron chi connectivity index (χ4n) is 2.34. The second-order valence-electron chi connectivity index (χ2n) is 5.18. The Labute approximate surface area is 142 Å². The third-order valence-corrected chi connectivity index (χ3v) is 3.78. The molecule has 7 heteroatoms. The Bertz CT molecular complexity index is 859. The molecule has 0 radical (unpaired) electrons. The number of hydrogen-bond donors (Lipinski definition) is 2. The molecule has 0 saturated heterocycles. The van der Waals surface area contributed by atoms with Crippen molar-refractivity contribution < 1.29 is 9.18 Å². The molecule has 0 saturated carbocycles. The monoisotopic (exact) mass is 344 g/mol. The molecule has 0 aliphatic carbocycles. The first kappa shape index (κ1) is 16.2. The van der Waals surface area contributed by atoms with Gasteiger partial charge < -0.3 is 0 Å². The number of aromatic nitrogens is 2. The van der Waals surface area contributed by atoms with Crippen LogP contribution in [0.2, 0.25) is 5.02 Å². The summed E-state index contributed by atoms with van der Waals surface area (Å²) in [4.78, 5) is 11.8. The summed E-state index contributed by atoms with van der Waals surface area (Å²) in [5.41, 5.74) is 4.64. The molecular weight excluding hydrogens is 331 g/mol. The number of carbonyl (C=O) groups is 1. The number of hydrogen-bond acceptors (Lipinski definition) is 3. The van der Waals surface area contributed by atoms with Gasteiger partial charge in [0, 0.05) is 10.6 Å². The topological polar surface area (TPSA) is 72.9 Å². The fourth-order valence-corrected chi connectivity index (χ4v) is 2.46. The molecule has 3 rings (SSSR count). The lowest BCUT2D eigenvalue weighted by atomic mass is 10.1. The van der Waals surface area contributed by atoms with Crippen molar-refractivity contribution in [2.75, 3.05) is 0 Å². The summed E-state index contributed by atoms with van der Waals surface area (Å²) in [6, 6.07) is 14.9. The van der Waals surface area contributed by atoms with Gasteiger partial charge in [-0.1, -0.05) is 23.7 Å². The average molecular weight is 345 g/mol. The normalized spacial score (nSPS) is 10.6. The van der Waals surface area contributed by atoms with Crippen LogP contribution >= 0.6 is 11.6 Å². The minimum Gasteiger partial charge on any atom is -0.289 e. The van der Waals surface area contributed by atoms with E-state index in [0.717, 1.165) is 11.1 Å². The highest BCUT2D eigenvalue weighted by Crippen LogP contribution is 2.22. The van der Waals surface area contributed by atoms with E-state index in [0.29, 0.717) is 17.3 Å². The molecule has 3 aromatic rings. The molecule has 2 aromatic carbocycles. The highest BCUT2D eigenvalue weighted by Gasteiger charge is 2.15.